The third-order valence-electron chi connectivity index (χ3n) is 2.37. The van der Waals surface area contributed by atoms with Crippen LogP contribution in [0.4, 0.5) is 5.69 Å². The third-order valence-corrected chi connectivity index (χ3v) is 2.61. The highest BCUT2D eigenvalue weighted by molar-refractivity contribution is 6.29. The molecule has 0 spiro atoms. The van der Waals surface area contributed by atoms with Crippen LogP contribution in [0.15, 0.2) is 30.5 Å². The number of aryl methyl sites for hydroxylation is 1. The van der Waals surface area contributed by atoms with Gasteiger partial charge in [0.2, 0.25) is 5.91 Å². The Balaban J connectivity index is 2.54. The van der Waals surface area contributed by atoms with E-state index in [1.165, 1.54) is 0 Å². The average molecular weight is 235 g/mol. The molecule has 0 saturated heterocycles. The number of alkyl halides is 1. The van der Waals surface area contributed by atoms with Crippen molar-refractivity contribution in [3.63, 3.8) is 0 Å². The molecular weight excluding hydrogens is 224 g/mol. The number of nitrogens with zero attached hydrogens (tertiary/aromatic N) is 1. The van der Waals surface area contributed by atoms with E-state index in [-0.39, 0.29) is 11.8 Å². The molecule has 3 nitrogen and oxygen atoms in total. The van der Waals surface area contributed by atoms with Gasteiger partial charge in [-0.25, -0.2) is 0 Å². The quantitative estimate of drug-likeness (QED) is 0.812. The molecule has 0 saturated carbocycles. The monoisotopic (exact) mass is 234 g/mol. The standard InChI is InChI=1S/C12H11ClN2O/c1-8-4-5-10(15-11(16)7-13)9-3-2-6-14-12(8)9/h2-6H,7H2,1H3,(H,15,16). The van der Waals surface area contributed by atoms with Gasteiger partial charge in [-0.2, -0.15) is 0 Å². The van der Waals surface area contributed by atoms with E-state index in [0.29, 0.717) is 0 Å². The second-order valence-corrected chi connectivity index (χ2v) is 3.78. The SMILES string of the molecule is Cc1ccc(NC(=O)CCl)c2cccnc12. The molecule has 0 radical (unpaired) electrons. The van der Waals surface area contributed by atoms with E-state index in [1.807, 2.05) is 31.2 Å². The molecule has 1 aromatic heterocycles. The minimum atomic E-state index is -0.212. The number of hydrogen-bond acceptors (Lipinski definition) is 2. The van der Waals surface area contributed by atoms with Gasteiger partial charge in [0.1, 0.15) is 5.88 Å². The second-order valence-electron chi connectivity index (χ2n) is 3.51. The van der Waals surface area contributed by atoms with Crippen molar-refractivity contribution < 1.29 is 4.79 Å². The van der Waals surface area contributed by atoms with Crippen LogP contribution in [0.5, 0.6) is 0 Å². The van der Waals surface area contributed by atoms with Crippen molar-refractivity contribution >= 4 is 34.1 Å². The zero-order valence-corrected chi connectivity index (χ0v) is 9.58. The topological polar surface area (TPSA) is 42.0 Å². The van der Waals surface area contributed by atoms with Gasteiger partial charge < -0.3 is 5.32 Å². The zero-order valence-electron chi connectivity index (χ0n) is 8.83. The zero-order chi connectivity index (χ0) is 11.5. The lowest BCUT2D eigenvalue weighted by Gasteiger charge is -2.08. The summed E-state index contributed by atoms with van der Waals surface area (Å²) in [6, 6.07) is 7.57. The largest absolute Gasteiger partial charge is 0.324 e. The Bertz CT molecular complexity index is 540. The summed E-state index contributed by atoms with van der Waals surface area (Å²) in [5.41, 5.74) is 2.73. The average Bonchev–Trinajstić information content (AvgIpc) is 2.33. The van der Waals surface area contributed by atoms with Gasteiger partial charge in [0.25, 0.3) is 0 Å². The minimum absolute atomic E-state index is 0.0460. The highest BCUT2D eigenvalue weighted by Gasteiger charge is 2.06. The fourth-order valence-electron chi connectivity index (χ4n) is 1.61. The summed E-state index contributed by atoms with van der Waals surface area (Å²) in [5, 5.41) is 3.68. The van der Waals surface area contributed by atoms with Gasteiger partial charge in [0.05, 0.1) is 11.2 Å². The number of halogens is 1. The minimum Gasteiger partial charge on any atom is -0.324 e. The Hall–Kier alpha value is -1.61. The highest BCUT2D eigenvalue weighted by Crippen LogP contribution is 2.24. The van der Waals surface area contributed by atoms with Crippen molar-refractivity contribution in [2.45, 2.75) is 6.92 Å². The van der Waals surface area contributed by atoms with Crippen molar-refractivity contribution in [1.29, 1.82) is 0 Å². The number of pyridine rings is 1. The number of anilines is 1. The summed E-state index contributed by atoms with van der Waals surface area (Å²) in [5.74, 6) is -0.258. The number of carbonyl (C=O) groups is 1. The first-order chi connectivity index (χ1) is 7.72. The number of fused-ring (bicyclic) bond motifs is 1. The molecule has 0 fully saturated rings. The van der Waals surface area contributed by atoms with Crippen molar-refractivity contribution in [3.05, 3.63) is 36.0 Å². The molecule has 1 heterocycles. The van der Waals surface area contributed by atoms with Gasteiger partial charge in [0, 0.05) is 11.6 Å². The van der Waals surface area contributed by atoms with Crippen molar-refractivity contribution in [2.75, 3.05) is 11.2 Å². The van der Waals surface area contributed by atoms with Crippen LogP contribution >= 0.6 is 11.6 Å². The molecule has 0 aliphatic carbocycles. The molecule has 0 aliphatic rings. The van der Waals surface area contributed by atoms with Gasteiger partial charge in [-0.15, -0.1) is 11.6 Å². The summed E-state index contributed by atoms with van der Waals surface area (Å²) in [6.07, 6.45) is 1.74. The van der Waals surface area contributed by atoms with Crippen molar-refractivity contribution in [1.82, 2.24) is 4.98 Å². The maximum absolute atomic E-state index is 11.2. The first-order valence-electron chi connectivity index (χ1n) is 4.92. The molecule has 0 aliphatic heterocycles. The lowest BCUT2D eigenvalue weighted by Crippen LogP contribution is -2.12. The van der Waals surface area contributed by atoms with E-state index >= 15 is 0 Å². The number of nitrogens with one attached hydrogen (secondary N) is 1. The Morgan fingerprint density at radius 2 is 2.25 bits per heavy atom. The molecular formula is C12H11ClN2O. The number of rotatable bonds is 2. The van der Waals surface area contributed by atoms with E-state index < -0.39 is 0 Å². The fraction of sp³-hybridized carbons (Fsp3) is 0.167. The Kier molecular flexibility index (Phi) is 3.06. The van der Waals surface area contributed by atoms with Crippen LogP contribution in [-0.2, 0) is 4.79 Å². The van der Waals surface area contributed by atoms with Gasteiger partial charge in [-0.1, -0.05) is 6.07 Å². The van der Waals surface area contributed by atoms with E-state index in [1.54, 1.807) is 6.20 Å². The smallest absolute Gasteiger partial charge is 0.239 e. The summed E-state index contributed by atoms with van der Waals surface area (Å²) >= 11 is 5.46. The van der Waals surface area contributed by atoms with E-state index in [4.69, 9.17) is 11.6 Å². The van der Waals surface area contributed by atoms with Gasteiger partial charge >= 0.3 is 0 Å². The summed E-state index contributed by atoms with van der Waals surface area (Å²) < 4.78 is 0. The second kappa shape index (κ2) is 4.49. The molecule has 0 bridgehead atoms. The summed E-state index contributed by atoms with van der Waals surface area (Å²) in [6.45, 7) is 1.99. The van der Waals surface area contributed by atoms with Crippen LogP contribution in [0.1, 0.15) is 5.56 Å². The molecule has 1 amide bonds. The highest BCUT2D eigenvalue weighted by atomic mass is 35.5. The Morgan fingerprint density at radius 1 is 1.44 bits per heavy atom. The predicted octanol–water partition coefficient (Wildman–Crippen LogP) is 2.72. The number of benzene rings is 1. The van der Waals surface area contributed by atoms with Crippen LogP contribution in [0, 0.1) is 6.92 Å². The van der Waals surface area contributed by atoms with E-state index in [2.05, 4.69) is 10.3 Å². The third kappa shape index (κ3) is 1.99. The molecule has 1 aromatic carbocycles. The van der Waals surface area contributed by atoms with E-state index in [9.17, 15) is 4.79 Å². The molecule has 2 rings (SSSR count). The van der Waals surface area contributed by atoms with E-state index in [0.717, 1.165) is 22.2 Å². The molecule has 1 N–H and O–H groups in total. The van der Waals surface area contributed by atoms with Crippen molar-refractivity contribution in [2.24, 2.45) is 0 Å². The van der Waals surface area contributed by atoms with Gasteiger partial charge in [-0.05, 0) is 30.7 Å². The van der Waals surface area contributed by atoms with Crippen LogP contribution in [0.25, 0.3) is 10.9 Å². The molecule has 0 unspecified atom stereocenters. The lowest BCUT2D eigenvalue weighted by atomic mass is 10.1. The Morgan fingerprint density at radius 3 is 3.00 bits per heavy atom. The molecule has 4 heteroatoms. The fourth-order valence-corrected chi connectivity index (χ4v) is 1.67. The summed E-state index contributed by atoms with van der Waals surface area (Å²) in [7, 11) is 0. The predicted molar refractivity (Wildman–Crippen MR) is 65.8 cm³/mol. The number of hydrogen-bond donors (Lipinski definition) is 1. The maximum Gasteiger partial charge on any atom is 0.239 e. The molecule has 0 atom stereocenters. The number of amides is 1. The normalized spacial score (nSPS) is 10.4. The first-order valence-corrected chi connectivity index (χ1v) is 5.46. The number of aromatic nitrogens is 1. The molecule has 2 aromatic rings. The first kappa shape index (κ1) is 10.9. The van der Waals surface area contributed by atoms with Crippen LogP contribution in [-0.4, -0.2) is 16.8 Å². The van der Waals surface area contributed by atoms with Crippen LogP contribution in [0.2, 0.25) is 0 Å². The lowest BCUT2D eigenvalue weighted by molar-refractivity contribution is -0.113. The van der Waals surface area contributed by atoms with Gasteiger partial charge in [-0.3, -0.25) is 9.78 Å². The maximum atomic E-state index is 11.2. The van der Waals surface area contributed by atoms with Crippen molar-refractivity contribution in [3.8, 4) is 0 Å². The van der Waals surface area contributed by atoms with Crippen LogP contribution < -0.4 is 5.32 Å². The molecule has 82 valence electrons. The summed E-state index contributed by atoms with van der Waals surface area (Å²) in [4.78, 5) is 15.5. The Labute approximate surface area is 98.4 Å². The number of carbonyl (C=O) groups excluding carboxylic acids is 1. The van der Waals surface area contributed by atoms with Crippen LogP contribution in [0.3, 0.4) is 0 Å². The molecule has 16 heavy (non-hydrogen) atoms. The van der Waals surface area contributed by atoms with Gasteiger partial charge in [0.15, 0.2) is 0 Å².